The van der Waals surface area contributed by atoms with Gasteiger partial charge in [0.05, 0.1) is 16.5 Å². The van der Waals surface area contributed by atoms with Crippen molar-refractivity contribution in [1.82, 2.24) is 5.32 Å². The Kier molecular flexibility index (Phi) is 5.87. The highest BCUT2D eigenvalue weighted by molar-refractivity contribution is 9.10. The number of anilines is 1. The molecular formula is C19H20BrN3O4S. The normalized spacial score (nSPS) is 15.5. The van der Waals surface area contributed by atoms with Gasteiger partial charge in [0.25, 0.3) is 5.91 Å². The molecule has 2 aromatic rings. The Morgan fingerprint density at radius 2 is 2.00 bits per heavy atom. The highest BCUT2D eigenvalue weighted by atomic mass is 79.9. The SMILES string of the molecule is CC(NC(=O)c1cc(S(N)(=O)=O)ccc1Br)c1cccc(N2CCCC2=O)c1. The van der Waals surface area contributed by atoms with Crippen molar-refractivity contribution in [2.45, 2.75) is 30.7 Å². The van der Waals surface area contributed by atoms with Gasteiger partial charge < -0.3 is 10.2 Å². The molecule has 148 valence electrons. The average Bonchev–Trinajstić information content (AvgIpc) is 3.07. The number of carbonyl (C=O) groups is 2. The number of sulfonamides is 1. The molecule has 0 bridgehead atoms. The molecule has 9 heteroatoms. The maximum Gasteiger partial charge on any atom is 0.252 e. The molecule has 2 amide bonds. The van der Waals surface area contributed by atoms with Crippen LogP contribution in [0, 0.1) is 0 Å². The summed E-state index contributed by atoms with van der Waals surface area (Å²) in [5, 5.41) is 8.00. The van der Waals surface area contributed by atoms with Crippen LogP contribution < -0.4 is 15.4 Å². The monoisotopic (exact) mass is 465 g/mol. The Labute approximate surface area is 172 Å². The Bertz CT molecular complexity index is 1040. The van der Waals surface area contributed by atoms with E-state index in [2.05, 4.69) is 21.2 Å². The average molecular weight is 466 g/mol. The van der Waals surface area contributed by atoms with Gasteiger partial charge in [0, 0.05) is 23.1 Å². The van der Waals surface area contributed by atoms with Crippen molar-refractivity contribution in [2.24, 2.45) is 5.14 Å². The minimum absolute atomic E-state index is 0.0950. The molecule has 1 heterocycles. The van der Waals surface area contributed by atoms with Gasteiger partial charge in [-0.05, 0) is 65.2 Å². The van der Waals surface area contributed by atoms with Gasteiger partial charge in [-0.3, -0.25) is 9.59 Å². The summed E-state index contributed by atoms with van der Waals surface area (Å²) in [7, 11) is -3.91. The molecule has 1 fully saturated rings. The fourth-order valence-corrected chi connectivity index (χ4v) is 4.06. The van der Waals surface area contributed by atoms with E-state index in [0.717, 1.165) is 17.7 Å². The number of amides is 2. The fourth-order valence-electron chi connectivity index (χ4n) is 3.10. The van der Waals surface area contributed by atoms with Crippen LogP contribution in [0.5, 0.6) is 0 Å². The van der Waals surface area contributed by atoms with E-state index in [1.807, 2.05) is 31.2 Å². The highest BCUT2D eigenvalue weighted by Crippen LogP contribution is 2.26. The summed E-state index contributed by atoms with van der Waals surface area (Å²) < 4.78 is 23.6. The molecule has 1 unspecified atom stereocenters. The summed E-state index contributed by atoms with van der Waals surface area (Å²) in [6.07, 6.45) is 1.38. The van der Waals surface area contributed by atoms with Gasteiger partial charge in [0.2, 0.25) is 15.9 Å². The van der Waals surface area contributed by atoms with E-state index in [1.165, 1.54) is 18.2 Å². The lowest BCUT2D eigenvalue weighted by Gasteiger charge is -2.20. The number of primary sulfonamides is 1. The van der Waals surface area contributed by atoms with E-state index in [4.69, 9.17) is 5.14 Å². The van der Waals surface area contributed by atoms with Crippen LogP contribution in [0.4, 0.5) is 5.69 Å². The van der Waals surface area contributed by atoms with Crippen LogP contribution in [0.2, 0.25) is 0 Å². The molecule has 1 saturated heterocycles. The number of benzene rings is 2. The second kappa shape index (κ2) is 8.02. The first kappa shape index (κ1) is 20.5. The van der Waals surface area contributed by atoms with E-state index in [0.29, 0.717) is 17.4 Å². The predicted octanol–water partition coefficient (Wildman–Crippen LogP) is 2.71. The Hall–Kier alpha value is -2.23. The van der Waals surface area contributed by atoms with Crippen molar-refractivity contribution >= 4 is 43.5 Å². The Balaban J connectivity index is 1.81. The molecular weight excluding hydrogens is 446 g/mol. The molecule has 0 aromatic heterocycles. The minimum atomic E-state index is -3.91. The molecule has 0 saturated carbocycles. The summed E-state index contributed by atoms with van der Waals surface area (Å²) in [6, 6.07) is 11.1. The van der Waals surface area contributed by atoms with Gasteiger partial charge >= 0.3 is 0 Å². The van der Waals surface area contributed by atoms with Crippen molar-refractivity contribution in [3.8, 4) is 0 Å². The summed E-state index contributed by atoms with van der Waals surface area (Å²) >= 11 is 3.27. The third kappa shape index (κ3) is 4.43. The predicted molar refractivity (Wildman–Crippen MR) is 109 cm³/mol. The molecule has 0 spiro atoms. The van der Waals surface area contributed by atoms with Crippen molar-refractivity contribution < 1.29 is 18.0 Å². The number of nitrogens with zero attached hydrogens (tertiary/aromatic N) is 1. The molecule has 3 N–H and O–H groups in total. The number of rotatable bonds is 5. The first-order valence-corrected chi connectivity index (χ1v) is 11.0. The van der Waals surface area contributed by atoms with Gasteiger partial charge in [-0.1, -0.05) is 12.1 Å². The third-order valence-corrected chi connectivity index (χ3v) is 6.22. The van der Waals surface area contributed by atoms with Crippen LogP contribution in [0.1, 0.15) is 41.7 Å². The number of nitrogens with two attached hydrogens (primary N) is 1. The molecule has 2 aromatic carbocycles. The summed E-state index contributed by atoms with van der Waals surface area (Å²) in [4.78, 5) is 26.2. The van der Waals surface area contributed by atoms with E-state index >= 15 is 0 Å². The maximum atomic E-state index is 12.7. The second-order valence-electron chi connectivity index (χ2n) is 6.63. The van der Waals surface area contributed by atoms with Crippen LogP contribution >= 0.6 is 15.9 Å². The van der Waals surface area contributed by atoms with Crippen molar-refractivity contribution in [3.05, 3.63) is 58.1 Å². The molecule has 28 heavy (non-hydrogen) atoms. The van der Waals surface area contributed by atoms with Crippen LogP contribution in [0.3, 0.4) is 0 Å². The van der Waals surface area contributed by atoms with Crippen LogP contribution in [-0.4, -0.2) is 26.8 Å². The van der Waals surface area contributed by atoms with Crippen molar-refractivity contribution in [3.63, 3.8) is 0 Å². The number of nitrogens with one attached hydrogen (secondary N) is 1. The largest absolute Gasteiger partial charge is 0.345 e. The highest BCUT2D eigenvalue weighted by Gasteiger charge is 2.23. The number of hydrogen-bond donors (Lipinski definition) is 2. The second-order valence-corrected chi connectivity index (χ2v) is 9.04. The topological polar surface area (TPSA) is 110 Å². The zero-order valence-electron chi connectivity index (χ0n) is 15.2. The fraction of sp³-hybridized carbons (Fsp3) is 0.263. The van der Waals surface area contributed by atoms with Crippen molar-refractivity contribution in [1.29, 1.82) is 0 Å². The van der Waals surface area contributed by atoms with E-state index in [9.17, 15) is 18.0 Å². The molecule has 1 aliphatic rings. The number of hydrogen-bond acceptors (Lipinski definition) is 4. The standard InChI is InChI=1S/C19H20BrN3O4S/c1-12(13-4-2-5-14(10-13)23-9-3-6-18(23)24)22-19(25)16-11-15(28(21,26)27)7-8-17(16)20/h2,4-5,7-8,10-12H,3,6,9H2,1H3,(H,22,25)(H2,21,26,27). The summed E-state index contributed by atoms with van der Waals surface area (Å²) in [5.74, 6) is -0.342. The van der Waals surface area contributed by atoms with Crippen LogP contribution in [0.15, 0.2) is 51.8 Å². The smallest absolute Gasteiger partial charge is 0.252 e. The van der Waals surface area contributed by atoms with Crippen LogP contribution in [-0.2, 0) is 14.8 Å². The minimum Gasteiger partial charge on any atom is -0.345 e. The van der Waals surface area contributed by atoms with Gasteiger partial charge in [-0.25, -0.2) is 13.6 Å². The lowest BCUT2D eigenvalue weighted by atomic mass is 10.1. The number of halogens is 1. The first-order valence-electron chi connectivity index (χ1n) is 8.70. The molecule has 7 nitrogen and oxygen atoms in total. The van der Waals surface area contributed by atoms with E-state index < -0.39 is 15.9 Å². The molecule has 0 radical (unpaired) electrons. The number of carbonyl (C=O) groups excluding carboxylic acids is 2. The van der Waals surface area contributed by atoms with Gasteiger partial charge in [-0.2, -0.15) is 0 Å². The Morgan fingerprint density at radius 1 is 1.25 bits per heavy atom. The summed E-state index contributed by atoms with van der Waals surface area (Å²) in [6.45, 7) is 2.51. The third-order valence-electron chi connectivity index (χ3n) is 4.61. The van der Waals surface area contributed by atoms with Gasteiger partial charge in [-0.15, -0.1) is 0 Å². The lowest BCUT2D eigenvalue weighted by molar-refractivity contribution is -0.117. The van der Waals surface area contributed by atoms with E-state index in [1.54, 1.807) is 4.90 Å². The van der Waals surface area contributed by atoms with E-state index in [-0.39, 0.29) is 22.4 Å². The molecule has 1 aliphatic heterocycles. The lowest BCUT2D eigenvalue weighted by Crippen LogP contribution is -2.28. The Morgan fingerprint density at radius 3 is 2.64 bits per heavy atom. The zero-order chi connectivity index (χ0) is 20.5. The maximum absolute atomic E-state index is 12.7. The first-order chi connectivity index (χ1) is 13.2. The van der Waals surface area contributed by atoms with Gasteiger partial charge in [0.15, 0.2) is 0 Å². The zero-order valence-corrected chi connectivity index (χ0v) is 17.6. The molecule has 0 aliphatic carbocycles. The molecule has 1 atom stereocenters. The summed E-state index contributed by atoms with van der Waals surface area (Å²) in [5.41, 5.74) is 1.81. The van der Waals surface area contributed by atoms with Crippen molar-refractivity contribution in [2.75, 3.05) is 11.4 Å². The quantitative estimate of drug-likeness (QED) is 0.706. The van der Waals surface area contributed by atoms with Crippen LogP contribution in [0.25, 0.3) is 0 Å². The molecule has 3 rings (SSSR count). The van der Waals surface area contributed by atoms with Gasteiger partial charge in [0.1, 0.15) is 0 Å².